The van der Waals surface area contributed by atoms with Gasteiger partial charge in [-0.25, -0.2) is 0 Å². The van der Waals surface area contributed by atoms with E-state index in [1.807, 2.05) is 36.2 Å². The van der Waals surface area contributed by atoms with E-state index in [1.54, 1.807) is 4.90 Å². The zero-order valence-electron chi connectivity index (χ0n) is 14.7. The van der Waals surface area contributed by atoms with E-state index in [2.05, 4.69) is 0 Å². The average Bonchev–Trinajstić information content (AvgIpc) is 2.61. The van der Waals surface area contributed by atoms with E-state index in [0.717, 1.165) is 30.7 Å². The number of hydrogen-bond donors (Lipinski definition) is 0. The molecule has 0 unspecified atom stereocenters. The fourth-order valence-electron chi connectivity index (χ4n) is 3.61. The molecule has 1 aromatic carbocycles. The lowest BCUT2D eigenvalue weighted by atomic mass is 9.89. The summed E-state index contributed by atoms with van der Waals surface area (Å²) in [5, 5.41) is 0.736. The summed E-state index contributed by atoms with van der Waals surface area (Å²) in [7, 11) is 1.82. The Morgan fingerprint density at radius 3 is 2.56 bits per heavy atom. The second-order valence-electron chi connectivity index (χ2n) is 7.08. The van der Waals surface area contributed by atoms with E-state index >= 15 is 0 Å². The first-order valence-electron chi connectivity index (χ1n) is 8.88. The number of piperidine rings is 1. The smallest absolute Gasteiger partial charge is 0.248 e. The van der Waals surface area contributed by atoms with E-state index in [1.165, 1.54) is 5.56 Å². The quantitative estimate of drug-likeness (QED) is 0.824. The molecule has 0 atom stereocenters. The highest BCUT2D eigenvalue weighted by atomic mass is 35.5. The van der Waals surface area contributed by atoms with Gasteiger partial charge in [-0.05, 0) is 43.4 Å². The Morgan fingerprint density at radius 1 is 1.24 bits per heavy atom. The molecule has 2 amide bonds. The minimum absolute atomic E-state index is 0.0336. The van der Waals surface area contributed by atoms with E-state index in [4.69, 9.17) is 16.3 Å². The number of likely N-dealkylation sites (N-methyl/N-ethyl adjacent to an activating group) is 1. The Morgan fingerprint density at radius 2 is 1.92 bits per heavy atom. The number of ether oxygens (including phenoxy) is 1. The summed E-state index contributed by atoms with van der Waals surface area (Å²) in [5.41, 5.74) is 0.945. The van der Waals surface area contributed by atoms with Crippen LogP contribution in [0.15, 0.2) is 24.3 Å². The van der Waals surface area contributed by atoms with Gasteiger partial charge in [0.25, 0.3) is 0 Å². The summed E-state index contributed by atoms with van der Waals surface area (Å²) in [5.74, 6) is 0.246. The molecule has 0 aromatic heterocycles. The summed E-state index contributed by atoms with van der Waals surface area (Å²) in [6, 6.07) is 7.79. The molecule has 6 heteroatoms. The number of aryl methyl sites for hydroxylation is 1. The van der Waals surface area contributed by atoms with E-state index < -0.39 is 0 Å². The normalized spacial score (nSPS) is 20.2. The van der Waals surface area contributed by atoms with Crippen LogP contribution in [0.3, 0.4) is 0 Å². The SMILES string of the molecule is CN1CC2(CCN(C(=O)CCCc3ccc(Cl)cc3)CC2)OCC1=O. The summed E-state index contributed by atoms with van der Waals surface area (Å²) in [6.45, 7) is 2.21. The van der Waals surface area contributed by atoms with Gasteiger partial charge >= 0.3 is 0 Å². The molecule has 2 saturated heterocycles. The third kappa shape index (κ3) is 4.53. The van der Waals surface area contributed by atoms with Crippen LogP contribution < -0.4 is 0 Å². The molecule has 1 spiro atoms. The number of likely N-dealkylation sites (tertiary alicyclic amines) is 1. The van der Waals surface area contributed by atoms with Crippen LogP contribution in [0.2, 0.25) is 5.02 Å². The van der Waals surface area contributed by atoms with Gasteiger partial charge in [0.2, 0.25) is 11.8 Å². The lowest BCUT2D eigenvalue weighted by molar-refractivity contribution is -0.170. The lowest BCUT2D eigenvalue weighted by Crippen LogP contribution is -2.58. The van der Waals surface area contributed by atoms with E-state index in [0.29, 0.717) is 26.1 Å². The fraction of sp³-hybridized carbons (Fsp3) is 0.579. The second kappa shape index (κ2) is 7.75. The third-order valence-electron chi connectivity index (χ3n) is 5.25. The number of nitrogens with zero attached hydrogens (tertiary/aromatic N) is 2. The molecule has 0 radical (unpaired) electrons. The predicted octanol–water partition coefficient (Wildman–Crippen LogP) is 2.51. The minimum atomic E-state index is -0.261. The Hall–Kier alpha value is -1.59. The van der Waals surface area contributed by atoms with Crippen molar-refractivity contribution in [3.05, 3.63) is 34.9 Å². The van der Waals surface area contributed by atoms with Gasteiger partial charge in [-0.2, -0.15) is 0 Å². The maximum atomic E-state index is 12.4. The highest BCUT2D eigenvalue weighted by Gasteiger charge is 2.41. The number of amides is 2. The van der Waals surface area contributed by atoms with Crippen molar-refractivity contribution in [1.82, 2.24) is 9.80 Å². The molecule has 1 aromatic rings. The molecule has 5 nitrogen and oxygen atoms in total. The molecule has 0 N–H and O–H groups in total. The molecule has 2 heterocycles. The predicted molar refractivity (Wildman–Crippen MR) is 96.5 cm³/mol. The van der Waals surface area contributed by atoms with Crippen molar-refractivity contribution >= 4 is 23.4 Å². The van der Waals surface area contributed by atoms with Crippen molar-refractivity contribution in [2.24, 2.45) is 0 Å². The van der Waals surface area contributed by atoms with Crippen LogP contribution in [0.5, 0.6) is 0 Å². The van der Waals surface area contributed by atoms with E-state index in [9.17, 15) is 9.59 Å². The topological polar surface area (TPSA) is 49.9 Å². The number of halogens is 1. The van der Waals surface area contributed by atoms with E-state index in [-0.39, 0.29) is 24.0 Å². The first-order chi connectivity index (χ1) is 12.0. The molecule has 2 aliphatic rings. The van der Waals surface area contributed by atoms with Gasteiger partial charge in [0.15, 0.2) is 0 Å². The van der Waals surface area contributed by atoms with Crippen LogP contribution >= 0.6 is 11.6 Å². The molecule has 2 aliphatic heterocycles. The molecular weight excluding hydrogens is 340 g/mol. The molecule has 0 aliphatic carbocycles. The third-order valence-corrected chi connectivity index (χ3v) is 5.50. The Kier molecular flexibility index (Phi) is 5.64. The first kappa shape index (κ1) is 18.2. The highest BCUT2D eigenvalue weighted by molar-refractivity contribution is 6.30. The molecule has 136 valence electrons. The van der Waals surface area contributed by atoms with Crippen LogP contribution in [-0.2, 0) is 20.7 Å². The number of morpholine rings is 1. The van der Waals surface area contributed by atoms with Crippen LogP contribution in [0.4, 0.5) is 0 Å². The monoisotopic (exact) mass is 364 g/mol. The lowest BCUT2D eigenvalue weighted by Gasteiger charge is -2.46. The number of benzene rings is 1. The molecule has 3 rings (SSSR count). The maximum Gasteiger partial charge on any atom is 0.248 e. The molecule has 25 heavy (non-hydrogen) atoms. The van der Waals surface area contributed by atoms with Gasteiger partial charge in [-0.3, -0.25) is 9.59 Å². The number of carbonyl (C=O) groups is 2. The van der Waals surface area contributed by atoms with Crippen molar-refractivity contribution in [3.8, 4) is 0 Å². The minimum Gasteiger partial charge on any atom is -0.363 e. The standard InChI is InChI=1S/C19H25ClN2O3/c1-21-14-19(25-13-18(21)24)9-11-22(12-10-19)17(23)4-2-3-15-5-7-16(20)8-6-15/h5-8H,2-4,9-14H2,1H3. The van der Waals surface area contributed by atoms with Gasteiger partial charge in [-0.15, -0.1) is 0 Å². The zero-order valence-corrected chi connectivity index (χ0v) is 15.4. The largest absolute Gasteiger partial charge is 0.363 e. The molecule has 0 saturated carbocycles. The van der Waals surface area contributed by atoms with Gasteiger partial charge in [-0.1, -0.05) is 23.7 Å². The van der Waals surface area contributed by atoms with Crippen molar-refractivity contribution in [3.63, 3.8) is 0 Å². The Balaban J connectivity index is 1.42. The summed E-state index contributed by atoms with van der Waals surface area (Å²) in [4.78, 5) is 27.7. The molecule has 0 bridgehead atoms. The zero-order chi connectivity index (χ0) is 17.9. The van der Waals surface area contributed by atoms with Gasteiger partial charge in [0, 0.05) is 38.1 Å². The Bertz CT molecular complexity index is 624. The highest BCUT2D eigenvalue weighted by Crippen LogP contribution is 2.30. The summed E-state index contributed by atoms with van der Waals surface area (Å²) in [6.07, 6.45) is 3.89. The van der Waals surface area contributed by atoms with Crippen LogP contribution in [-0.4, -0.2) is 60.5 Å². The van der Waals surface area contributed by atoms with Gasteiger partial charge in [0.1, 0.15) is 6.61 Å². The van der Waals surface area contributed by atoms with Crippen molar-refractivity contribution in [2.45, 2.75) is 37.7 Å². The summed E-state index contributed by atoms with van der Waals surface area (Å²) < 4.78 is 5.83. The maximum absolute atomic E-state index is 12.4. The Labute approximate surface area is 153 Å². The fourth-order valence-corrected chi connectivity index (χ4v) is 3.74. The van der Waals surface area contributed by atoms with Crippen molar-refractivity contribution in [1.29, 1.82) is 0 Å². The van der Waals surface area contributed by atoms with Crippen molar-refractivity contribution in [2.75, 3.05) is 33.3 Å². The van der Waals surface area contributed by atoms with Crippen LogP contribution in [0, 0.1) is 0 Å². The van der Waals surface area contributed by atoms with Crippen molar-refractivity contribution < 1.29 is 14.3 Å². The van der Waals surface area contributed by atoms with Gasteiger partial charge < -0.3 is 14.5 Å². The second-order valence-corrected chi connectivity index (χ2v) is 7.52. The number of rotatable bonds is 4. The average molecular weight is 365 g/mol. The van der Waals surface area contributed by atoms with Gasteiger partial charge in [0.05, 0.1) is 5.60 Å². The van der Waals surface area contributed by atoms with Crippen LogP contribution in [0.25, 0.3) is 0 Å². The number of hydrogen-bond acceptors (Lipinski definition) is 3. The molecular formula is C19H25ClN2O3. The number of carbonyl (C=O) groups excluding carboxylic acids is 2. The first-order valence-corrected chi connectivity index (χ1v) is 9.25. The van der Waals surface area contributed by atoms with Crippen LogP contribution in [0.1, 0.15) is 31.2 Å². The summed E-state index contributed by atoms with van der Waals surface area (Å²) >= 11 is 5.88. The molecule has 2 fully saturated rings.